The molecule has 2 rings (SSSR count). The van der Waals surface area contributed by atoms with Gasteiger partial charge in [0.05, 0.1) is 0 Å². The summed E-state index contributed by atoms with van der Waals surface area (Å²) in [5.41, 5.74) is 6.96. The van der Waals surface area contributed by atoms with Crippen molar-refractivity contribution in [1.29, 1.82) is 0 Å². The number of hydrogen-bond donors (Lipinski definition) is 1. The standard InChI is InChI=1S/C17H33N/c1-3-5-7-14(4-2)12-17(18)11-6-8-16(13-17)15-9-10-15/h14-16H,3-13,18H2,1-2H3. The van der Waals surface area contributed by atoms with Crippen LogP contribution in [0.4, 0.5) is 0 Å². The summed E-state index contributed by atoms with van der Waals surface area (Å²) in [5, 5.41) is 0. The summed E-state index contributed by atoms with van der Waals surface area (Å²) in [5.74, 6) is 2.92. The maximum absolute atomic E-state index is 6.76. The Balaban J connectivity index is 1.84. The first-order chi connectivity index (χ1) is 8.67. The van der Waals surface area contributed by atoms with Crippen molar-refractivity contribution in [3.63, 3.8) is 0 Å². The highest BCUT2D eigenvalue weighted by Gasteiger charge is 2.40. The van der Waals surface area contributed by atoms with Gasteiger partial charge in [-0.25, -0.2) is 0 Å². The monoisotopic (exact) mass is 251 g/mol. The summed E-state index contributed by atoms with van der Waals surface area (Å²) in [7, 11) is 0. The Kier molecular flexibility index (Phi) is 5.12. The molecule has 2 fully saturated rings. The normalized spacial score (nSPS) is 34.5. The van der Waals surface area contributed by atoms with Crippen molar-refractivity contribution in [2.24, 2.45) is 23.5 Å². The highest BCUT2D eigenvalue weighted by molar-refractivity contribution is 4.96. The van der Waals surface area contributed by atoms with E-state index >= 15 is 0 Å². The molecule has 0 aliphatic heterocycles. The topological polar surface area (TPSA) is 26.0 Å². The Hall–Kier alpha value is -0.0400. The van der Waals surface area contributed by atoms with E-state index in [1.54, 1.807) is 0 Å². The van der Waals surface area contributed by atoms with Gasteiger partial charge in [-0.3, -0.25) is 0 Å². The third-order valence-electron chi connectivity index (χ3n) is 5.45. The van der Waals surface area contributed by atoms with Crippen molar-refractivity contribution >= 4 is 0 Å². The lowest BCUT2D eigenvalue weighted by atomic mass is 9.70. The zero-order valence-electron chi connectivity index (χ0n) is 12.6. The van der Waals surface area contributed by atoms with E-state index in [-0.39, 0.29) is 5.54 Å². The second-order valence-corrected chi connectivity index (χ2v) is 7.18. The summed E-state index contributed by atoms with van der Waals surface area (Å²) >= 11 is 0. The predicted molar refractivity (Wildman–Crippen MR) is 79.5 cm³/mol. The number of hydrogen-bond acceptors (Lipinski definition) is 1. The minimum Gasteiger partial charge on any atom is -0.325 e. The Morgan fingerprint density at radius 1 is 1.17 bits per heavy atom. The molecule has 0 aromatic rings. The molecule has 2 saturated carbocycles. The van der Waals surface area contributed by atoms with Crippen LogP contribution in [0.5, 0.6) is 0 Å². The van der Waals surface area contributed by atoms with Gasteiger partial charge >= 0.3 is 0 Å². The third kappa shape index (κ3) is 3.98. The van der Waals surface area contributed by atoms with Crippen molar-refractivity contribution < 1.29 is 0 Å². The van der Waals surface area contributed by atoms with E-state index in [1.165, 1.54) is 70.6 Å². The number of nitrogens with two attached hydrogens (primary N) is 1. The van der Waals surface area contributed by atoms with E-state index in [0.29, 0.717) is 0 Å². The average molecular weight is 251 g/mol. The van der Waals surface area contributed by atoms with Gasteiger partial charge < -0.3 is 5.73 Å². The molecular formula is C17H33N. The van der Waals surface area contributed by atoms with Crippen LogP contribution in [0.3, 0.4) is 0 Å². The van der Waals surface area contributed by atoms with Gasteiger partial charge in [-0.2, -0.15) is 0 Å². The molecule has 1 heteroatoms. The van der Waals surface area contributed by atoms with Crippen LogP contribution in [-0.4, -0.2) is 5.54 Å². The second-order valence-electron chi connectivity index (χ2n) is 7.18. The Morgan fingerprint density at radius 2 is 1.94 bits per heavy atom. The molecule has 106 valence electrons. The molecular weight excluding hydrogens is 218 g/mol. The Bertz CT molecular complexity index is 246. The smallest absolute Gasteiger partial charge is 0.0159 e. The van der Waals surface area contributed by atoms with Crippen molar-refractivity contribution in [2.45, 2.75) is 90.0 Å². The van der Waals surface area contributed by atoms with E-state index < -0.39 is 0 Å². The van der Waals surface area contributed by atoms with Gasteiger partial charge in [-0.05, 0) is 49.9 Å². The van der Waals surface area contributed by atoms with Crippen molar-refractivity contribution in [1.82, 2.24) is 0 Å². The van der Waals surface area contributed by atoms with Crippen molar-refractivity contribution in [2.75, 3.05) is 0 Å². The maximum atomic E-state index is 6.76. The maximum Gasteiger partial charge on any atom is 0.0159 e. The van der Waals surface area contributed by atoms with E-state index in [2.05, 4.69) is 13.8 Å². The van der Waals surface area contributed by atoms with Gasteiger partial charge in [0.25, 0.3) is 0 Å². The highest BCUT2D eigenvalue weighted by Crippen LogP contribution is 2.47. The number of unbranched alkanes of at least 4 members (excludes halogenated alkanes) is 1. The molecule has 2 aliphatic rings. The first kappa shape index (κ1) is 14.4. The summed E-state index contributed by atoms with van der Waals surface area (Å²) in [4.78, 5) is 0. The van der Waals surface area contributed by atoms with E-state index in [9.17, 15) is 0 Å². The van der Waals surface area contributed by atoms with Gasteiger partial charge in [0.1, 0.15) is 0 Å². The summed E-state index contributed by atoms with van der Waals surface area (Å²) in [6.07, 6.45) is 15.2. The fourth-order valence-electron chi connectivity index (χ4n) is 4.12. The molecule has 0 spiro atoms. The molecule has 3 atom stereocenters. The van der Waals surface area contributed by atoms with Crippen molar-refractivity contribution in [3.8, 4) is 0 Å². The predicted octanol–water partition coefficient (Wildman–Crippen LogP) is 4.89. The summed E-state index contributed by atoms with van der Waals surface area (Å²) in [6, 6.07) is 0. The molecule has 3 unspecified atom stereocenters. The zero-order valence-corrected chi connectivity index (χ0v) is 12.6. The van der Waals surface area contributed by atoms with Gasteiger partial charge in [-0.15, -0.1) is 0 Å². The lowest BCUT2D eigenvalue weighted by Crippen LogP contribution is -2.46. The minimum absolute atomic E-state index is 0.194. The lowest BCUT2D eigenvalue weighted by Gasteiger charge is -2.40. The van der Waals surface area contributed by atoms with Crippen LogP contribution < -0.4 is 5.73 Å². The molecule has 0 aromatic heterocycles. The molecule has 0 saturated heterocycles. The van der Waals surface area contributed by atoms with Gasteiger partial charge in [0.15, 0.2) is 0 Å². The molecule has 0 bridgehead atoms. The van der Waals surface area contributed by atoms with Crippen LogP contribution in [0.15, 0.2) is 0 Å². The Morgan fingerprint density at radius 3 is 2.56 bits per heavy atom. The minimum atomic E-state index is 0.194. The highest BCUT2D eigenvalue weighted by atomic mass is 14.8. The fourth-order valence-corrected chi connectivity index (χ4v) is 4.12. The van der Waals surface area contributed by atoms with E-state index in [4.69, 9.17) is 5.73 Å². The molecule has 0 amide bonds. The number of rotatable bonds is 7. The first-order valence-corrected chi connectivity index (χ1v) is 8.45. The summed E-state index contributed by atoms with van der Waals surface area (Å²) < 4.78 is 0. The van der Waals surface area contributed by atoms with Crippen LogP contribution in [0.25, 0.3) is 0 Å². The molecule has 0 aromatic carbocycles. The first-order valence-electron chi connectivity index (χ1n) is 8.45. The van der Waals surface area contributed by atoms with E-state index in [1.807, 2.05) is 0 Å². The third-order valence-corrected chi connectivity index (χ3v) is 5.45. The van der Waals surface area contributed by atoms with Crippen LogP contribution in [0.1, 0.15) is 84.5 Å². The molecule has 2 N–H and O–H groups in total. The van der Waals surface area contributed by atoms with Crippen molar-refractivity contribution in [3.05, 3.63) is 0 Å². The molecule has 0 radical (unpaired) electrons. The largest absolute Gasteiger partial charge is 0.325 e. The molecule has 1 nitrogen and oxygen atoms in total. The SMILES string of the molecule is CCCCC(CC)CC1(N)CCCC(C2CC2)C1. The zero-order chi connectivity index (χ0) is 13.0. The van der Waals surface area contributed by atoms with Gasteiger partial charge in [-0.1, -0.05) is 52.4 Å². The van der Waals surface area contributed by atoms with Crippen LogP contribution in [0, 0.1) is 17.8 Å². The van der Waals surface area contributed by atoms with Crippen LogP contribution in [0.2, 0.25) is 0 Å². The molecule has 18 heavy (non-hydrogen) atoms. The summed E-state index contributed by atoms with van der Waals surface area (Å²) in [6.45, 7) is 4.65. The van der Waals surface area contributed by atoms with Gasteiger partial charge in [0.2, 0.25) is 0 Å². The van der Waals surface area contributed by atoms with E-state index in [0.717, 1.165) is 17.8 Å². The van der Waals surface area contributed by atoms with Gasteiger partial charge in [0, 0.05) is 5.54 Å². The fraction of sp³-hybridized carbons (Fsp3) is 1.00. The Labute approximate surface area is 114 Å². The molecule has 2 aliphatic carbocycles. The second kappa shape index (κ2) is 6.41. The van der Waals surface area contributed by atoms with Crippen LogP contribution in [-0.2, 0) is 0 Å². The molecule has 0 heterocycles. The quantitative estimate of drug-likeness (QED) is 0.685. The average Bonchev–Trinajstić information content (AvgIpc) is 3.18. The van der Waals surface area contributed by atoms with Crippen LogP contribution >= 0.6 is 0 Å². The lowest BCUT2D eigenvalue weighted by molar-refractivity contribution is 0.167.